The maximum atomic E-state index is 13.7. The summed E-state index contributed by atoms with van der Waals surface area (Å²) in [5.41, 5.74) is 2.92. The number of rotatable bonds is 4. The van der Waals surface area contributed by atoms with E-state index in [1.54, 1.807) is 54.5 Å². The van der Waals surface area contributed by atoms with E-state index in [4.69, 9.17) is 9.47 Å². The summed E-state index contributed by atoms with van der Waals surface area (Å²) in [4.78, 5) is 12.9. The van der Waals surface area contributed by atoms with Gasteiger partial charge < -0.3 is 9.47 Å². The summed E-state index contributed by atoms with van der Waals surface area (Å²) in [7, 11) is -2.49. The van der Waals surface area contributed by atoms with Gasteiger partial charge in [-0.15, -0.1) is 10.2 Å². The maximum Gasteiger partial charge on any atom is 0.243 e. The molecule has 1 N–H and O–H groups in total. The van der Waals surface area contributed by atoms with E-state index in [1.807, 2.05) is 19.9 Å². The number of benzene rings is 1. The van der Waals surface area contributed by atoms with Crippen molar-refractivity contribution in [2.45, 2.75) is 31.9 Å². The fourth-order valence-electron chi connectivity index (χ4n) is 4.11. The highest BCUT2D eigenvalue weighted by Crippen LogP contribution is 2.39. The van der Waals surface area contributed by atoms with Crippen LogP contribution in [0.4, 0.5) is 5.95 Å². The Kier molecular flexibility index (Phi) is 6.04. The smallest absolute Gasteiger partial charge is 0.243 e. The zero-order valence-corrected chi connectivity index (χ0v) is 21.0. The molecule has 0 unspecified atom stereocenters. The Morgan fingerprint density at radius 1 is 1.11 bits per heavy atom. The van der Waals surface area contributed by atoms with E-state index >= 15 is 0 Å². The molecule has 3 aromatic heterocycles. The number of fused-ring (bicyclic) bond motifs is 3. The Morgan fingerprint density at radius 3 is 2.61 bits per heavy atom. The van der Waals surface area contributed by atoms with Gasteiger partial charge in [0.2, 0.25) is 16.0 Å². The van der Waals surface area contributed by atoms with Crippen molar-refractivity contribution in [1.29, 1.82) is 0 Å². The number of para-hydroxylation sites is 1. The number of nitrogens with zero attached hydrogens (tertiary/aromatic N) is 6. The van der Waals surface area contributed by atoms with Crippen molar-refractivity contribution in [2.24, 2.45) is 0 Å². The first-order valence-electron chi connectivity index (χ1n) is 11.3. The number of hydrogen-bond acceptors (Lipinski definition) is 9. The zero-order chi connectivity index (χ0) is 25.4. The minimum absolute atomic E-state index is 0.00443. The molecule has 0 radical (unpaired) electrons. The van der Waals surface area contributed by atoms with Gasteiger partial charge in [0.25, 0.3) is 0 Å². The van der Waals surface area contributed by atoms with Gasteiger partial charge in [-0.2, -0.15) is 0 Å². The van der Waals surface area contributed by atoms with Gasteiger partial charge in [0.15, 0.2) is 5.82 Å². The molecule has 5 rings (SSSR count). The molecule has 4 heterocycles. The molecule has 1 aliphatic rings. The average molecular weight is 508 g/mol. The molecule has 12 heteroatoms. The number of aryl methyl sites for hydroxylation is 2. The van der Waals surface area contributed by atoms with Crippen LogP contribution in [0, 0.1) is 13.8 Å². The first-order valence-corrected chi connectivity index (χ1v) is 12.8. The molecule has 1 aliphatic heterocycles. The number of ether oxygens (including phenoxy) is 2. The fraction of sp³-hybridized carbons (Fsp3) is 0.292. The van der Waals surface area contributed by atoms with Crippen molar-refractivity contribution in [2.75, 3.05) is 18.4 Å². The monoisotopic (exact) mass is 507 g/mol. The van der Waals surface area contributed by atoms with Gasteiger partial charge in [0, 0.05) is 36.3 Å². The van der Waals surface area contributed by atoms with Crippen molar-refractivity contribution in [3.8, 4) is 28.6 Å². The Hall–Kier alpha value is -4.06. The molecule has 186 valence electrons. The van der Waals surface area contributed by atoms with Gasteiger partial charge in [-0.05, 0) is 43.2 Å². The Bertz CT molecular complexity index is 1520. The molecule has 0 spiro atoms. The van der Waals surface area contributed by atoms with Crippen LogP contribution < -0.4 is 14.2 Å². The summed E-state index contributed by atoms with van der Waals surface area (Å²) < 4.78 is 43.4. The van der Waals surface area contributed by atoms with Crippen LogP contribution in [0.2, 0.25) is 0 Å². The normalized spacial score (nSPS) is 17.3. The van der Waals surface area contributed by atoms with Crippen molar-refractivity contribution in [1.82, 2.24) is 29.7 Å². The van der Waals surface area contributed by atoms with E-state index in [9.17, 15) is 8.42 Å². The molecular formula is C24H25N7O4S. The Balaban J connectivity index is 1.69. The van der Waals surface area contributed by atoms with E-state index in [-0.39, 0.29) is 12.6 Å². The fourth-order valence-corrected chi connectivity index (χ4v) is 5.56. The van der Waals surface area contributed by atoms with Crippen LogP contribution in [0.25, 0.3) is 17.1 Å². The molecule has 0 fully saturated rings. The minimum Gasteiger partial charge on any atom is -0.494 e. The van der Waals surface area contributed by atoms with Crippen molar-refractivity contribution >= 4 is 16.0 Å². The van der Waals surface area contributed by atoms with Crippen LogP contribution in [-0.2, 0) is 10.0 Å². The highest BCUT2D eigenvalue weighted by Gasteiger charge is 2.38. The SMILES string of the molecule is COc1cccc2c1-n1c(nnc1-c1cncc(C)c1)NS(=O)(=O)[C@@H]([C@@H](C)c1ncc(C)cn1)CO2. The summed E-state index contributed by atoms with van der Waals surface area (Å²) in [6, 6.07) is 7.18. The van der Waals surface area contributed by atoms with Crippen molar-refractivity contribution in [3.05, 3.63) is 66.0 Å². The van der Waals surface area contributed by atoms with Crippen molar-refractivity contribution < 1.29 is 17.9 Å². The molecule has 1 aromatic carbocycles. The number of methoxy groups -OCH3 is 1. The highest BCUT2D eigenvalue weighted by atomic mass is 32.2. The molecule has 11 nitrogen and oxygen atoms in total. The lowest BCUT2D eigenvalue weighted by Gasteiger charge is -2.22. The van der Waals surface area contributed by atoms with Gasteiger partial charge in [0.1, 0.15) is 34.9 Å². The highest BCUT2D eigenvalue weighted by molar-refractivity contribution is 7.93. The summed E-state index contributed by atoms with van der Waals surface area (Å²) in [5.74, 6) is 1.09. The quantitative estimate of drug-likeness (QED) is 0.442. The van der Waals surface area contributed by atoms with E-state index in [1.165, 1.54) is 7.11 Å². The van der Waals surface area contributed by atoms with Gasteiger partial charge >= 0.3 is 0 Å². The van der Waals surface area contributed by atoms with Crippen LogP contribution in [0.3, 0.4) is 0 Å². The molecule has 0 aliphatic carbocycles. The molecule has 0 amide bonds. The molecule has 36 heavy (non-hydrogen) atoms. The number of aromatic nitrogens is 6. The largest absolute Gasteiger partial charge is 0.494 e. The van der Waals surface area contributed by atoms with E-state index in [0.717, 1.165) is 11.1 Å². The van der Waals surface area contributed by atoms with Crippen LogP contribution in [0.15, 0.2) is 49.1 Å². The third-order valence-corrected chi connectivity index (χ3v) is 7.81. The maximum absolute atomic E-state index is 13.7. The van der Waals surface area contributed by atoms with E-state index in [0.29, 0.717) is 34.4 Å². The van der Waals surface area contributed by atoms with Crippen molar-refractivity contribution in [3.63, 3.8) is 0 Å². The predicted molar refractivity (Wildman–Crippen MR) is 133 cm³/mol. The van der Waals surface area contributed by atoms with E-state index < -0.39 is 21.2 Å². The third kappa shape index (κ3) is 4.24. The second-order valence-electron chi connectivity index (χ2n) is 8.64. The van der Waals surface area contributed by atoms with Crippen LogP contribution in [0.1, 0.15) is 29.8 Å². The topological polar surface area (TPSA) is 134 Å². The number of anilines is 1. The summed E-state index contributed by atoms with van der Waals surface area (Å²) in [6.07, 6.45) is 6.68. The van der Waals surface area contributed by atoms with Gasteiger partial charge in [-0.25, -0.2) is 18.4 Å². The molecule has 4 aromatic rings. The number of nitrogens with one attached hydrogen (secondary N) is 1. The molecule has 2 atom stereocenters. The van der Waals surface area contributed by atoms with E-state index in [2.05, 4.69) is 29.9 Å². The standard InChI is InChI=1S/C24H25N7O4S/c1-14-8-17(12-25-9-14)23-28-29-24-30-36(32,33)20(16(3)22-26-10-15(2)11-27-22)13-35-19-7-5-6-18(34-4)21(19)31(23)24/h5-12,16,20H,13H2,1-4H3,(H,29,30)/t16-,20-/m1/s1. The lowest BCUT2D eigenvalue weighted by molar-refractivity contribution is 0.297. The minimum atomic E-state index is -4.03. The van der Waals surface area contributed by atoms with Crippen LogP contribution in [0.5, 0.6) is 11.5 Å². The Labute approximate surface area is 208 Å². The third-order valence-electron chi connectivity index (χ3n) is 6.00. The first-order chi connectivity index (χ1) is 17.3. The van der Waals surface area contributed by atoms with Crippen LogP contribution >= 0.6 is 0 Å². The number of hydrogen-bond donors (Lipinski definition) is 1. The average Bonchev–Trinajstić information content (AvgIpc) is 3.27. The first kappa shape index (κ1) is 23.7. The van der Waals surface area contributed by atoms with Gasteiger partial charge in [-0.3, -0.25) is 14.3 Å². The number of sulfonamides is 1. The molecule has 0 bridgehead atoms. The molecular weight excluding hydrogens is 482 g/mol. The molecule has 0 saturated carbocycles. The summed E-state index contributed by atoms with van der Waals surface area (Å²) in [6.45, 7) is 5.39. The number of pyridine rings is 1. The second-order valence-corrected chi connectivity index (χ2v) is 10.5. The molecule has 0 saturated heterocycles. The summed E-state index contributed by atoms with van der Waals surface area (Å²) >= 11 is 0. The van der Waals surface area contributed by atoms with Gasteiger partial charge in [-0.1, -0.05) is 13.0 Å². The lowest BCUT2D eigenvalue weighted by Crippen LogP contribution is -2.37. The second kappa shape index (κ2) is 9.19. The van der Waals surface area contributed by atoms with Crippen LogP contribution in [-0.4, -0.2) is 57.1 Å². The Morgan fingerprint density at radius 2 is 1.89 bits per heavy atom. The lowest BCUT2D eigenvalue weighted by atomic mass is 10.1. The zero-order valence-electron chi connectivity index (χ0n) is 20.2. The predicted octanol–water partition coefficient (Wildman–Crippen LogP) is 3.05. The summed E-state index contributed by atoms with van der Waals surface area (Å²) in [5, 5.41) is 7.50. The van der Waals surface area contributed by atoms with Gasteiger partial charge in [0.05, 0.1) is 7.11 Å².